The van der Waals surface area contributed by atoms with E-state index in [1.165, 1.54) is 0 Å². The van der Waals surface area contributed by atoms with Crippen molar-refractivity contribution < 1.29 is 14.8 Å². The van der Waals surface area contributed by atoms with Gasteiger partial charge in [-0.25, -0.2) is 4.98 Å². The maximum atomic E-state index is 11.1. The van der Waals surface area contributed by atoms with Gasteiger partial charge in [-0.2, -0.15) is 0 Å². The highest BCUT2D eigenvalue weighted by molar-refractivity contribution is 5.69. The predicted molar refractivity (Wildman–Crippen MR) is 71.9 cm³/mol. The molecule has 1 aromatic rings. The predicted octanol–water partition coefficient (Wildman–Crippen LogP) is 0.505. The standard InChI is InChI=1S/C12H16N4O4/c1-9-2-3-13-12(11(9)16(19)20)15-6-4-14(5-7-15)8-10(17)18/h2-3H,4-8H2,1H3,(H,17,18). The highest BCUT2D eigenvalue weighted by Crippen LogP contribution is 2.29. The SMILES string of the molecule is Cc1ccnc(N2CCN(CC(=O)O)CC2)c1[N+](=O)[O-]. The van der Waals surface area contributed by atoms with Gasteiger partial charge in [0.05, 0.1) is 11.5 Å². The van der Waals surface area contributed by atoms with Gasteiger partial charge in [0, 0.05) is 37.9 Å². The van der Waals surface area contributed by atoms with Gasteiger partial charge in [-0.15, -0.1) is 0 Å². The number of anilines is 1. The number of nitrogens with zero attached hydrogens (tertiary/aromatic N) is 4. The highest BCUT2D eigenvalue weighted by atomic mass is 16.6. The van der Waals surface area contributed by atoms with Crippen LogP contribution in [0.5, 0.6) is 0 Å². The Morgan fingerprint density at radius 1 is 1.45 bits per heavy atom. The van der Waals surface area contributed by atoms with Gasteiger partial charge < -0.3 is 10.0 Å². The van der Waals surface area contributed by atoms with E-state index in [0.29, 0.717) is 37.6 Å². The molecule has 0 aliphatic carbocycles. The first-order valence-corrected chi connectivity index (χ1v) is 6.28. The molecule has 0 bridgehead atoms. The number of aryl methyl sites for hydroxylation is 1. The Balaban J connectivity index is 2.13. The molecule has 20 heavy (non-hydrogen) atoms. The lowest BCUT2D eigenvalue weighted by atomic mass is 10.2. The van der Waals surface area contributed by atoms with Crippen LogP contribution < -0.4 is 4.90 Å². The quantitative estimate of drug-likeness (QED) is 0.633. The zero-order valence-corrected chi connectivity index (χ0v) is 11.2. The number of hydrogen-bond donors (Lipinski definition) is 1. The molecular formula is C12H16N4O4. The lowest BCUT2D eigenvalue weighted by molar-refractivity contribution is -0.384. The van der Waals surface area contributed by atoms with E-state index in [4.69, 9.17) is 5.11 Å². The van der Waals surface area contributed by atoms with Crippen LogP contribution in [0.4, 0.5) is 11.5 Å². The second kappa shape index (κ2) is 5.83. The molecule has 1 aliphatic rings. The lowest BCUT2D eigenvalue weighted by Gasteiger charge is -2.34. The number of piperazine rings is 1. The summed E-state index contributed by atoms with van der Waals surface area (Å²) in [6.07, 6.45) is 1.56. The van der Waals surface area contributed by atoms with Crippen molar-refractivity contribution in [3.8, 4) is 0 Å². The van der Waals surface area contributed by atoms with Gasteiger partial charge in [-0.05, 0) is 13.0 Å². The van der Waals surface area contributed by atoms with Crippen LogP contribution in [-0.4, -0.2) is 58.6 Å². The second-order valence-corrected chi connectivity index (χ2v) is 4.71. The smallest absolute Gasteiger partial charge is 0.317 e. The summed E-state index contributed by atoms with van der Waals surface area (Å²) >= 11 is 0. The van der Waals surface area contributed by atoms with Crippen molar-refractivity contribution in [2.24, 2.45) is 0 Å². The average molecular weight is 280 g/mol. The Hall–Kier alpha value is -2.22. The van der Waals surface area contributed by atoms with Crippen molar-refractivity contribution in [3.63, 3.8) is 0 Å². The van der Waals surface area contributed by atoms with E-state index in [0.717, 1.165) is 0 Å². The van der Waals surface area contributed by atoms with Gasteiger partial charge in [-0.3, -0.25) is 19.8 Å². The van der Waals surface area contributed by atoms with Crippen LogP contribution >= 0.6 is 0 Å². The fraction of sp³-hybridized carbons (Fsp3) is 0.500. The van der Waals surface area contributed by atoms with Crippen LogP contribution in [0.25, 0.3) is 0 Å². The van der Waals surface area contributed by atoms with Crippen LogP contribution in [-0.2, 0) is 4.79 Å². The Morgan fingerprint density at radius 3 is 2.65 bits per heavy atom. The van der Waals surface area contributed by atoms with Crippen molar-refractivity contribution >= 4 is 17.5 Å². The zero-order chi connectivity index (χ0) is 14.7. The minimum atomic E-state index is -0.863. The molecule has 1 saturated heterocycles. The third-order valence-corrected chi connectivity index (χ3v) is 3.32. The summed E-state index contributed by atoms with van der Waals surface area (Å²) in [6, 6.07) is 1.61. The summed E-state index contributed by atoms with van der Waals surface area (Å²) < 4.78 is 0. The number of pyridine rings is 1. The van der Waals surface area contributed by atoms with Gasteiger partial charge in [0.15, 0.2) is 0 Å². The summed E-state index contributed by atoms with van der Waals surface area (Å²) in [6.45, 7) is 3.86. The maximum absolute atomic E-state index is 11.1. The van der Waals surface area contributed by atoms with E-state index < -0.39 is 10.9 Å². The number of aliphatic carboxylic acids is 1. The van der Waals surface area contributed by atoms with Gasteiger partial charge in [0.2, 0.25) is 5.82 Å². The molecule has 8 nitrogen and oxygen atoms in total. The maximum Gasteiger partial charge on any atom is 0.317 e. The first-order chi connectivity index (χ1) is 9.49. The fourth-order valence-electron chi connectivity index (χ4n) is 2.30. The average Bonchev–Trinajstić information content (AvgIpc) is 2.38. The van der Waals surface area contributed by atoms with Crippen molar-refractivity contribution in [1.82, 2.24) is 9.88 Å². The van der Waals surface area contributed by atoms with Crippen LogP contribution in [0.1, 0.15) is 5.56 Å². The molecule has 108 valence electrons. The van der Waals surface area contributed by atoms with Crippen molar-refractivity contribution in [2.75, 3.05) is 37.6 Å². The van der Waals surface area contributed by atoms with Crippen molar-refractivity contribution in [1.29, 1.82) is 0 Å². The molecule has 0 radical (unpaired) electrons. The van der Waals surface area contributed by atoms with Crippen molar-refractivity contribution in [3.05, 3.63) is 27.9 Å². The Kier molecular flexibility index (Phi) is 4.14. The molecule has 0 spiro atoms. The summed E-state index contributed by atoms with van der Waals surface area (Å²) in [5.41, 5.74) is 0.604. The van der Waals surface area contributed by atoms with Gasteiger partial charge in [0.25, 0.3) is 0 Å². The zero-order valence-electron chi connectivity index (χ0n) is 11.2. The van der Waals surface area contributed by atoms with Crippen LogP contribution in [0.15, 0.2) is 12.3 Å². The molecule has 2 heterocycles. The number of aromatic nitrogens is 1. The van der Waals surface area contributed by atoms with Gasteiger partial charge in [0.1, 0.15) is 0 Å². The van der Waals surface area contributed by atoms with Crippen molar-refractivity contribution in [2.45, 2.75) is 6.92 Å². The molecule has 1 aromatic heterocycles. The number of hydrogen-bond acceptors (Lipinski definition) is 6. The van der Waals surface area contributed by atoms with Crippen LogP contribution in [0.3, 0.4) is 0 Å². The summed E-state index contributed by atoms with van der Waals surface area (Å²) in [4.78, 5) is 29.1. The number of carboxylic acids is 1. The molecular weight excluding hydrogens is 264 g/mol. The third kappa shape index (κ3) is 3.02. The van der Waals surface area contributed by atoms with Crippen LogP contribution in [0, 0.1) is 17.0 Å². The number of carboxylic acid groups (broad SMARTS) is 1. The van der Waals surface area contributed by atoms with Crippen LogP contribution in [0.2, 0.25) is 0 Å². The molecule has 1 N–H and O–H groups in total. The minimum absolute atomic E-state index is 0.00280. The van der Waals surface area contributed by atoms with E-state index in [1.807, 2.05) is 4.90 Å². The molecule has 8 heteroatoms. The molecule has 0 atom stereocenters. The van der Waals surface area contributed by atoms with E-state index >= 15 is 0 Å². The van der Waals surface area contributed by atoms with Gasteiger partial charge >= 0.3 is 11.7 Å². The molecule has 1 aliphatic heterocycles. The number of carbonyl (C=O) groups is 1. The van der Waals surface area contributed by atoms with E-state index in [1.54, 1.807) is 24.1 Å². The Morgan fingerprint density at radius 2 is 2.10 bits per heavy atom. The normalized spacial score (nSPS) is 16.1. The number of rotatable bonds is 4. The molecule has 0 saturated carbocycles. The van der Waals surface area contributed by atoms with Gasteiger partial charge in [-0.1, -0.05) is 0 Å². The summed E-state index contributed by atoms with van der Waals surface area (Å²) in [5.74, 6) is -0.497. The molecule has 0 amide bonds. The van der Waals surface area contributed by atoms with E-state index in [2.05, 4.69) is 4.98 Å². The third-order valence-electron chi connectivity index (χ3n) is 3.32. The molecule has 2 rings (SSSR count). The monoisotopic (exact) mass is 280 g/mol. The lowest BCUT2D eigenvalue weighted by Crippen LogP contribution is -2.48. The first kappa shape index (κ1) is 14.2. The largest absolute Gasteiger partial charge is 0.480 e. The minimum Gasteiger partial charge on any atom is -0.480 e. The van der Waals surface area contributed by atoms with E-state index in [-0.39, 0.29) is 12.2 Å². The Bertz CT molecular complexity index is 526. The first-order valence-electron chi connectivity index (χ1n) is 6.28. The summed E-state index contributed by atoms with van der Waals surface area (Å²) in [5, 5.41) is 19.9. The molecule has 1 fully saturated rings. The van der Waals surface area contributed by atoms with E-state index in [9.17, 15) is 14.9 Å². The molecule has 0 unspecified atom stereocenters. The second-order valence-electron chi connectivity index (χ2n) is 4.71. The highest BCUT2D eigenvalue weighted by Gasteiger charge is 2.26. The summed E-state index contributed by atoms with van der Waals surface area (Å²) in [7, 11) is 0. The fourth-order valence-corrected chi connectivity index (χ4v) is 2.30. The molecule has 0 aromatic carbocycles. The number of nitro groups is 1. The topological polar surface area (TPSA) is 99.8 Å². The Labute approximate surface area is 115 Å².